The third-order valence-corrected chi connectivity index (χ3v) is 4.66. The Morgan fingerprint density at radius 1 is 0.739 bits per heavy atom. The SMILES string of the molecule is CC(=O)C1CC(=O)C(C(C)=O)(C(C)=O)C(C(C)=O)(C(C)=O)C1=O. The Morgan fingerprint density at radius 3 is 1.35 bits per heavy atom. The van der Waals surface area contributed by atoms with Gasteiger partial charge in [0.2, 0.25) is 0 Å². The van der Waals surface area contributed by atoms with Crippen LogP contribution in [0.25, 0.3) is 0 Å². The summed E-state index contributed by atoms with van der Waals surface area (Å²) in [4.78, 5) is 86.2. The third kappa shape index (κ3) is 2.06. The predicted octanol–water partition coefficient (Wildman–Crippen LogP) is 0.0623. The summed E-state index contributed by atoms with van der Waals surface area (Å²) in [5.41, 5.74) is -5.45. The zero-order valence-corrected chi connectivity index (χ0v) is 13.6. The zero-order chi connectivity index (χ0) is 18.3. The molecule has 1 atom stereocenters. The van der Waals surface area contributed by atoms with E-state index in [1.165, 1.54) is 0 Å². The van der Waals surface area contributed by atoms with Crippen LogP contribution in [0.3, 0.4) is 0 Å². The van der Waals surface area contributed by atoms with E-state index < -0.39 is 63.7 Å². The summed E-state index contributed by atoms with van der Waals surface area (Å²) < 4.78 is 0. The maximum Gasteiger partial charge on any atom is 0.172 e. The van der Waals surface area contributed by atoms with Crippen molar-refractivity contribution in [2.75, 3.05) is 0 Å². The van der Waals surface area contributed by atoms with E-state index in [2.05, 4.69) is 0 Å². The Bertz CT molecular complexity index is 640. The average molecular weight is 322 g/mol. The van der Waals surface area contributed by atoms with E-state index in [1.54, 1.807) is 0 Å². The number of ketones is 7. The van der Waals surface area contributed by atoms with Crippen LogP contribution in [-0.2, 0) is 33.6 Å². The van der Waals surface area contributed by atoms with Crippen molar-refractivity contribution in [2.45, 2.75) is 41.0 Å². The molecule has 1 saturated carbocycles. The number of rotatable bonds is 5. The summed E-state index contributed by atoms with van der Waals surface area (Å²) in [7, 11) is 0. The first-order chi connectivity index (χ1) is 10.4. The van der Waals surface area contributed by atoms with Gasteiger partial charge in [-0.25, -0.2) is 0 Å². The molecular formula is C16H18O7. The second kappa shape index (κ2) is 5.72. The summed E-state index contributed by atoms with van der Waals surface area (Å²) in [6.07, 6.45) is -0.671. The van der Waals surface area contributed by atoms with Crippen molar-refractivity contribution in [1.29, 1.82) is 0 Å². The molecule has 0 N–H and O–H groups in total. The van der Waals surface area contributed by atoms with E-state index >= 15 is 0 Å². The Balaban J connectivity index is 4.05. The van der Waals surface area contributed by atoms with Gasteiger partial charge in [-0.15, -0.1) is 0 Å². The molecule has 7 heteroatoms. The standard InChI is InChI=1S/C16H18O7/c1-7(17)12-6-13(22)15(8(2)18,9(3)19)16(10(4)20,11(5)21)14(12)23/h12H,6H2,1-5H3. The van der Waals surface area contributed by atoms with Crippen molar-refractivity contribution < 1.29 is 33.6 Å². The number of hydrogen-bond donors (Lipinski definition) is 0. The number of carbonyl (C=O) groups is 7. The minimum absolute atomic E-state index is 0.671. The van der Waals surface area contributed by atoms with Gasteiger partial charge in [0.25, 0.3) is 0 Å². The molecule has 1 aliphatic carbocycles. The largest absolute Gasteiger partial charge is 0.299 e. The van der Waals surface area contributed by atoms with Gasteiger partial charge in [0.1, 0.15) is 5.78 Å². The second-order valence-corrected chi connectivity index (χ2v) is 5.88. The molecule has 0 heterocycles. The molecule has 0 amide bonds. The Labute approximate surface area is 132 Å². The van der Waals surface area contributed by atoms with Crippen LogP contribution in [0.5, 0.6) is 0 Å². The molecule has 7 nitrogen and oxygen atoms in total. The van der Waals surface area contributed by atoms with Crippen LogP contribution >= 0.6 is 0 Å². The van der Waals surface area contributed by atoms with Crippen molar-refractivity contribution in [1.82, 2.24) is 0 Å². The molecule has 1 rings (SSSR count). The molecule has 23 heavy (non-hydrogen) atoms. The van der Waals surface area contributed by atoms with Crippen LogP contribution in [0.2, 0.25) is 0 Å². The van der Waals surface area contributed by atoms with Crippen molar-refractivity contribution in [3.8, 4) is 0 Å². The van der Waals surface area contributed by atoms with E-state index in [1.807, 2.05) is 0 Å². The van der Waals surface area contributed by atoms with Gasteiger partial charge in [-0.3, -0.25) is 33.6 Å². The van der Waals surface area contributed by atoms with Gasteiger partial charge in [0.15, 0.2) is 45.5 Å². The summed E-state index contributed by atoms with van der Waals surface area (Å²) >= 11 is 0. The Kier molecular flexibility index (Phi) is 4.66. The molecule has 0 bridgehead atoms. The van der Waals surface area contributed by atoms with Gasteiger partial charge < -0.3 is 0 Å². The summed E-state index contributed by atoms with van der Waals surface area (Å²) in [5, 5.41) is 0. The van der Waals surface area contributed by atoms with E-state index in [-0.39, 0.29) is 0 Å². The number of Topliss-reactive ketones (excluding diaryl/α,β-unsaturated/α-hetero) is 7. The highest BCUT2D eigenvalue weighted by Crippen LogP contribution is 2.51. The van der Waals surface area contributed by atoms with E-state index in [9.17, 15) is 33.6 Å². The maximum absolute atomic E-state index is 12.8. The minimum Gasteiger partial charge on any atom is -0.299 e. The van der Waals surface area contributed by atoms with Gasteiger partial charge in [0.05, 0.1) is 5.92 Å². The topological polar surface area (TPSA) is 119 Å². The highest BCUT2D eigenvalue weighted by atomic mass is 16.2. The van der Waals surface area contributed by atoms with Crippen LogP contribution in [0.4, 0.5) is 0 Å². The van der Waals surface area contributed by atoms with Gasteiger partial charge in [-0.05, 0) is 34.6 Å². The van der Waals surface area contributed by atoms with Crippen LogP contribution in [0.1, 0.15) is 41.0 Å². The van der Waals surface area contributed by atoms with E-state index in [0.717, 1.165) is 34.6 Å². The van der Waals surface area contributed by atoms with Crippen molar-refractivity contribution >= 4 is 40.5 Å². The first kappa shape index (κ1) is 18.7. The molecule has 1 unspecified atom stereocenters. The lowest BCUT2D eigenvalue weighted by molar-refractivity contribution is -0.178. The molecule has 124 valence electrons. The molecule has 1 aliphatic rings. The fourth-order valence-corrected chi connectivity index (χ4v) is 3.71. The second-order valence-electron chi connectivity index (χ2n) is 5.88. The fraction of sp³-hybridized carbons (Fsp3) is 0.562. The molecule has 0 radical (unpaired) electrons. The lowest BCUT2D eigenvalue weighted by Gasteiger charge is -2.46. The van der Waals surface area contributed by atoms with Gasteiger partial charge >= 0.3 is 0 Å². The van der Waals surface area contributed by atoms with Gasteiger partial charge in [-0.1, -0.05) is 0 Å². The highest BCUT2D eigenvalue weighted by Gasteiger charge is 2.74. The summed E-state index contributed by atoms with van der Waals surface area (Å²) in [6.45, 7) is 4.57. The fourth-order valence-electron chi connectivity index (χ4n) is 3.71. The Morgan fingerprint density at radius 2 is 1.09 bits per heavy atom. The van der Waals surface area contributed by atoms with E-state index in [0.29, 0.717) is 0 Å². The van der Waals surface area contributed by atoms with Crippen LogP contribution in [0, 0.1) is 16.7 Å². The molecule has 0 saturated heterocycles. The first-order valence-electron chi connectivity index (χ1n) is 7.02. The minimum atomic E-state index is -2.77. The molecular weight excluding hydrogens is 304 g/mol. The van der Waals surface area contributed by atoms with Crippen molar-refractivity contribution in [3.63, 3.8) is 0 Å². The van der Waals surface area contributed by atoms with Crippen molar-refractivity contribution in [3.05, 3.63) is 0 Å². The Hall–Kier alpha value is -2.31. The molecule has 0 aromatic carbocycles. The third-order valence-electron chi connectivity index (χ3n) is 4.66. The molecule has 1 fully saturated rings. The lowest BCUT2D eigenvalue weighted by atomic mass is 9.46. The first-order valence-corrected chi connectivity index (χ1v) is 7.02. The monoisotopic (exact) mass is 322 g/mol. The van der Waals surface area contributed by atoms with E-state index in [4.69, 9.17) is 0 Å². The number of hydrogen-bond acceptors (Lipinski definition) is 7. The van der Waals surface area contributed by atoms with Gasteiger partial charge in [0, 0.05) is 6.42 Å². The van der Waals surface area contributed by atoms with Crippen LogP contribution < -0.4 is 0 Å². The molecule has 0 aromatic heterocycles. The summed E-state index contributed by atoms with van der Waals surface area (Å²) in [5.74, 6) is -8.65. The predicted molar refractivity (Wildman–Crippen MR) is 76.4 cm³/mol. The quantitative estimate of drug-likeness (QED) is 0.656. The number of carbonyl (C=O) groups excluding carboxylic acids is 7. The highest BCUT2D eigenvalue weighted by molar-refractivity contribution is 6.42. The zero-order valence-electron chi connectivity index (χ0n) is 13.6. The van der Waals surface area contributed by atoms with Crippen molar-refractivity contribution in [2.24, 2.45) is 16.7 Å². The summed E-state index contributed by atoms with van der Waals surface area (Å²) in [6, 6.07) is 0. The smallest absolute Gasteiger partial charge is 0.172 e. The van der Waals surface area contributed by atoms with Crippen LogP contribution in [-0.4, -0.2) is 40.5 Å². The van der Waals surface area contributed by atoms with Crippen LogP contribution in [0.15, 0.2) is 0 Å². The molecule has 0 spiro atoms. The normalized spacial score (nSPS) is 22.4. The average Bonchev–Trinajstić information content (AvgIpc) is 2.37. The molecule has 0 aliphatic heterocycles. The van der Waals surface area contributed by atoms with Gasteiger partial charge in [-0.2, -0.15) is 0 Å². The lowest BCUT2D eigenvalue weighted by Crippen LogP contribution is -2.70. The molecule has 0 aromatic rings. The maximum atomic E-state index is 12.8.